The summed E-state index contributed by atoms with van der Waals surface area (Å²) in [5, 5.41) is 10.2. The molecule has 0 saturated heterocycles. The zero-order valence-electron chi connectivity index (χ0n) is 20.0. The molecule has 7 rings (SSSR count). The molecule has 1 N–H and O–H groups in total. The van der Waals surface area contributed by atoms with Crippen molar-refractivity contribution in [2.75, 3.05) is 0 Å². The summed E-state index contributed by atoms with van der Waals surface area (Å²) in [6.07, 6.45) is 13.0. The number of imidazole rings is 1. The summed E-state index contributed by atoms with van der Waals surface area (Å²) < 4.78 is 8.17. The van der Waals surface area contributed by atoms with Crippen molar-refractivity contribution in [3.63, 3.8) is 0 Å². The number of hydrogen-bond donors (Lipinski definition) is 1. The number of aromatic nitrogens is 2. The van der Waals surface area contributed by atoms with Crippen LogP contribution in [0.2, 0.25) is 0 Å². The predicted octanol–water partition coefficient (Wildman–Crippen LogP) is 5.74. The van der Waals surface area contributed by atoms with Crippen molar-refractivity contribution in [2.24, 2.45) is 17.8 Å². The van der Waals surface area contributed by atoms with E-state index in [9.17, 15) is 9.90 Å². The number of carboxylic acids is 1. The number of ether oxygens (including phenoxy) is 1. The molecule has 34 heavy (non-hydrogen) atoms. The minimum atomic E-state index is -0.994. The van der Waals surface area contributed by atoms with Crippen molar-refractivity contribution in [1.29, 1.82) is 0 Å². The van der Waals surface area contributed by atoms with Gasteiger partial charge in [0.2, 0.25) is 0 Å². The fourth-order valence-electron chi connectivity index (χ4n) is 7.67. The van der Waals surface area contributed by atoms with E-state index in [1.807, 2.05) is 30.3 Å². The van der Waals surface area contributed by atoms with E-state index in [4.69, 9.17) is 14.6 Å². The molecule has 2 aromatic rings. The number of rotatable bonds is 8. The fraction of sp³-hybridized carbons (Fsp3) is 0.643. The number of hydrogen-bond acceptors (Lipinski definition) is 4. The maximum atomic E-state index is 12.5. The lowest BCUT2D eigenvalue weighted by molar-refractivity contribution is -0.169. The van der Waals surface area contributed by atoms with Gasteiger partial charge in [0.15, 0.2) is 5.69 Å². The lowest BCUT2D eigenvalue weighted by Gasteiger charge is -2.56. The lowest BCUT2D eigenvalue weighted by atomic mass is 9.54. The SMILES string of the molecule is O=C(O)c1c(COC23CC4CC(CC(C4)C2)C3)nc(C2CCCCC2)n1OCc1ccccc1. The molecule has 1 heterocycles. The van der Waals surface area contributed by atoms with Crippen molar-refractivity contribution in [1.82, 2.24) is 9.71 Å². The average molecular weight is 465 g/mol. The van der Waals surface area contributed by atoms with Gasteiger partial charge >= 0.3 is 5.97 Å². The first-order valence-corrected chi connectivity index (χ1v) is 13.2. The summed E-state index contributed by atoms with van der Waals surface area (Å²) in [6.45, 7) is 0.571. The van der Waals surface area contributed by atoms with Crippen molar-refractivity contribution < 1.29 is 19.5 Å². The summed E-state index contributed by atoms with van der Waals surface area (Å²) in [5.41, 5.74) is 1.59. The maximum absolute atomic E-state index is 12.5. The van der Waals surface area contributed by atoms with Crippen LogP contribution in [-0.4, -0.2) is 26.4 Å². The number of aromatic carboxylic acids is 1. The Morgan fingerprint density at radius 1 is 0.971 bits per heavy atom. The first-order valence-electron chi connectivity index (χ1n) is 13.2. The third kappa shape index (κ3) is 4.26. The van der Waals surface area contributed by atoms with Gasteiger partial charge in [-0.2, -0.15) is 4.73 Å². The van der Waals surface area contributed by atoms with Gasteiger partial charge in [-0.3, -0.25) is 0 Å². The van der Waals surface area contributed by atoms with Crippen LogP contribution in [0.15, 0.2) is 30.3 Å². The van der Waals surface area contributed by atoms with E-state index < -0.39 is 5.97 Å². The molecular formula is C28H36N2O4. The fourth-order valence-corrected chi connectivity index (χ4v) is 7.67. The average Bonchev–Trinajstić information content (AvgIpc) is 3.21. The summed E-state index contributed by atoms with van der Waals surface area (Å²) in [7, 11) is 0. The van der Waals surface area contributed by atoms with E-state index in [-0.39, 0.29) is 23.8 Å². The van der Waals surface area contributed by atoms with Crippen LogP contribution in [0.3, 0.4) is 0 Å². The number of carbonyl (C=O) groups is 1. The van der Waals surface area contributed by atoms with E-state index in [1.165, 1.54) is 30.4 Å². The Labute approximate surface area is 201 Å². The monoisotopic (exact) mass is 464 g/mol. The minimum Gasteiger partial charge on any atom is -0.476 e. The predicted molar refractivity (Wildman–Crippen MR) is 127 cm³/mol. The van der Waals surface area contributed by atoms with Crippen LogP contribution in [-0.2, 0) is 18.0 Å². The molecule has 6 heteroatoms. The van der Waals surface area contributed by atoms with Gasteiger partial charge in [0, 0.05) is 5.92 Å². The molecule has 4 bridgehead atoms. The molecule has 5 aliphatic carbocycles. The first-order chi connectivity index (χ1) is 16.6. The topological polar surface area (TPSA) is 73.6 Å². The van der Waals surface area contributed by atoms with Crippen LogP contribution in [0.1, 0.15) is 104 Å². The van der Waals surface area contributed by atoms with Gasteiger partial charge in [-0.1, -0.05) is 49.6 Å². The van der Waals surface area contributed by atoms with Crippen LogP contribution in [0, 0.1) is 17.8 Å². The van der Waals surface area contributed by atoms with Gasteiger partial charge in [-0.15, -0.1) is 0 Å². The maximum Gasteiger partial charge on any atom is 0.358 e. The molecule has 0 unspecified atom stereocenters. The van der Waals surface area contributed by atoms with E-state index in [2.05, 4.69) is 0 Å². The Kier molecular flexibility index (Phi) is 5.88. The molecule has 5 fully saturated rings. The normalized spacial score (nSPS) is 30.5. The molecule has 0 amide bonds. The standard InChI is InChI=1S/C28H36N2O4/c31-27(32)25-24(18-33-28-14-20-11-21(15-28)13-22(12-20)16-28)29-26(23-9-5-2-6-10-23)30(25)34-17-19-7-3-1-4-8-19/h1,3-4,7-8,20-23H,2,5-6,9-18H2,(H,31,32). The lowest BCUT2D eigenvalue weighted by Crippen LogP contribution is -2.51. The summed E-state index contributed by atoms with van der Waals surface area (Å²) in [5.74, 6) is 2.36. The van der Waals surface area contributed by atoms with Crippen LogP contribution in [0.5, 0.6) is 0 Å². The molecule has 0 atom stereocenters. The largest absolute Gasteiger partial charge is 0.476 e. The second-order valence-corrected chi connectivity index (χ2v) is 11.3. The highest BCUT2D eigenvalue weighted by Gasteiger charge is 2.51. The van der Waals surface area contributed by atoms with Gasteiger partial charge < -0.3 is 14.7 Å². The molecule has 0 aliphatic heterocycles. The van der Waals surface area contributed by atoms with E-state index in [0.29, 0.717) is 12.3 Å². The highest BCUT2D eigenvalue weighted by atomic mass is 16.7. The van der Waals surface area contributed by atoms with Gasteiger partial charge in [0.1, 0.15) is 18.1 Å². The van der Waals surface area contributed by atoms with Gasteiger partial charge in [-0.05, 0) is 74.7 Å². The summed E-state index contributed by atoms with van der Waals surface area (Å²) in [6, 6.07) is 9.90. The third-order valence-corrected chi connectivity index (χ3v) is 8.81. The summed E-state index contributed by atoms with van der Waals surface area (Å²) >= 11 is 0. The molecule has 6 nitrogen and oxygen atoms in total. The van der Waals surface area contributed by atoms with Gasteiger partial charge in [-0.25, -0.2) is 9.78 Å². The van der Waals surface area contributed by atoms with Crippen molar-refractivity contribution in [2.45, 2.75) is 95.4 Å². The Hall–Kier alpha value is -2.34. The second-order valence-electron chi connectivity index (χ2n) is 11.3. The third-order valence-electron chi connectivity index (χ3n) is 8.81. The van der Waals surface area contributed by atoms with Crippen molar-refractivity contribution in [3.05, 3.63) is 53.1 Å². The molecule has 0 spiro atoms. The first kappa shape index (κ1) is 22.1. The van der Waals surface area contributed by atoms with E-state index >= 15 is 0 Å². The Morgan fingerprint density at radius 3 is 2.24 bits per heavy atom. The van der Waals surface area contributed by atoms with Crippen LogP contribution >= 0.6 is 0 Å². The molecular weight excluding hydrogens is 428 g/mol. The zero-order chi connectivity index (χ0) is 23.1. The highest BCUT2D eigenvalue weighted by molar-refractivity contribution is 5.87. The smallest absolute Gasteiger partial charge is 0.358 e. The number of benzene rings is 1. The zero-order valence-corrected chi connectivity index (χ0v) is 20.0. The van der Waals surface area contributed by atoms with E-state index in [0.717, 1.165) is 74.1 Å². The summed E-state index contributed by atoms with van der Waals surface area (Å²) in [4.78, 5) is 23.6. The quantitative estimate of drug-likeness (QED) is 0.539. The molecule has 5 saturated carbocycles. The minimum absolute atomic E-state index is 0.0792. The molecule has 1 aromatic heterocycles. The highest BCUT2D eigenvalue weighted by Crippen LogP contribution is 2.57. The molecule has 182 valence electrons. The van der Waals surface area contributed by atoms with Crippen molar-refractivity contribution >= 4 is 5.97 Å². The van der Waals surface area contributed by atoms with Gasteiger partial charge in [0.05, 0.1) is 12.2 Å². The Balaban J connectivity index is 1.28. The second kappa shape index (κ2) is 9.03. The molecule has 0 radical (unpaired) electrons. The van der Waals surface area contributed by atoms with Crippen molar-refractivity contribution in [3.8, 4) is 0 Å². The molecule has 5 aliphatic rings. The van der Waals surface area contributed by atoms with Crippen LogP contribution < -0.4 is 4.84 Å². The van der Waals surface area contributed by atoms with E-state index in [1.54, 1.807) is 0 Å². The Bertz CT molecular complexity index is 989. The Morgan fingerprint density at radius 2 is 1.62 bits per heavy atom. The number of carboxylic acid groups (broad SMARTS) is 1. The van der Waals surface area contributed by atoms with Gasteiger partial charge in [0.25, 0.3) is 0 Å². The van der Waals surface area contributed by atoms with Crippen LogP contribution in [0.25, 0.3) is 0 Å². The number of nitrogens with zero attached hydrogens (tertiary/aromatic N) is 2. The molecule has 1 aromatic carbocycles. The van der Waals surface area contributed by atoms with Crippen LogP contribution in [0.4, 0.5) is 0 Å².